The van der Waals surface area contributed by atoms with Gasteiger partial charge in [-0.15, -0.1) is 0 Å². The van der Waals surface area contributed by atoms with Crippen LogP contribution in [0.25, 0.3) is 0 Å². The molecule has 38 heavy (non-hydrogen) atoms. The number of morpholine rings is 1. The second-order valence-electron chi connectivity index (χ2n) is 9.42. The molecule has 0 radical (unpaired) electrons. The number of rotatable bonds is 15. The van der Waals surface area contributed by atoms with E-state index in [4.69, 9.17) is 10.00 Å². The second-order valence-corrected chi connectivity index (χ2v) is 9.42. The number of carbonyl (C=O) groups excluding carboxylic acids is 1. The van der Waals surface area contributed by atoms with Gasteiger partial charge >= 0.3 is 0 Å². The SMILES string of the molecule is N#CNC(=NCCCCCCCCN(CCCN1CCOCC1)C(=O)c1ccccc1)Nc1cccnc1. The van der Waals surface area contributed by atoms with Crippen LogP contribution in [0.4, 0.5) is 5.69 Å². The lowest BCUT2D eigenvalue weighted by Crippen LogP contribution is -2.39. The molecule has 0 bridgehead atoms. The molecule has 0 spiro atoms. The van der Waals surface area contributed by atoms with E-state index in [1.54, 1.807) is 12.4 Å². The number of guanidine groups is 1. The average Bonchev–Trinajstić information content (AvgIpc) is 2.96. The summed E-state index contributed by atoms with van der Waals surface area (Å²) in [7, 11) is 0. The minimum absolute atomic E-state index is 0.132. The van der Waals surface area contributed by atoms with Crippen molar-refractivity contribution in [3.05, 3.63) is 60.4 Å². The van der Waals surface area contributed by atoms with E-state index in [1.807, 2.05) is 53.6 Å². The van der Waals surface area contributed by atoms with Crippen molar-refractivity contribution < 1.29 is 9.53 Å². The van der Waals surface area contributed by atoms with Crippen LogP contribution in [0, 0.1) is 11.5 Å². The molecule has 1 aliphatic heterocycles. The zero-order valence-electron chi connectivity index (χ0n) is 22.4. The van der Waals surface area contributed by atoms with E-state index < -0.39 is 0 Å². The van der Waals surface area contributed by atoms with Crippen molar-refractivity contribution in [1.29, 1.82) is 5.26 Å². The van der Waals surface area contributed by atoms with Gasteiger partial charge < -0.3 is 15.0 Å². The number of ether oxygens (including phenoxy) is 1. The van der Waals surface area contributed by atoms with E-state index >= 15 is 0 Å². The van der Waals surface area contributed by atoms with E-state index in [9.17, 15) is 4.79 Å². The number of hydrogen-bond acceptors (Lipinski definition) is 6. The Bertz CT molecular complexity index is 989. The van der Waals surface area contributed by atoms with Crippen molar-refractivity contribution in [3.63, 3.8) is 0 Å². The summed E-state index contributed by atoms with van der Waals surface area (Å²) in [5, 5.41) is 14.6. The van der Waals surface area contributed by atoms with Crippen LogP contribution in [-0.2, 0) is 4.74 Å². The van der Waals surface area contributed by atoms with Gasteiger partial charge in [-0.1, -0.05) is 43.9 Å². The first-order valence-electron chi connectivity index (χ1n) is 13.8. The first kappa shape index (κ1) is 29.1. The van der Waals surface area contributed by atoms with Gasteiger partial charge in [0.2, 0.25) is 5.96 Å². The minimum atomic E-state index is 0.132. The van der Waals surface area contributed by atoms with Gasteiger partial charge in [-0.2, -0.15) is 5.26 Å². The smallest absolute Gasteiger partial charge is 0.253 e. The van der Waals surface area contributed by atoms with Crippen molar-refractivity contribution in [3.8, 4) is 6.19 Å². The first-order valence-corrected chi connectivity index (χ1v) is 13.8. The Morgan fingerprint density at radius 3 is 2.47 bits per heavy atom. The zero-order valence-corrected chi connectivity index (χ0v) is 22.4. The van der Waals surface area contributed by atoms with Gasteiger partial charge in [-0.05, 0) is 43.5 Å². The summed E-state index contributed by atoms with van der Waals surface area (Å²) < 4.78 is 5.44. The first-order chi connectivity index (χ1) is 18.8. The van der Waals surface area contributed by atoms with Crippen molar-refractivity contribution >= 4 is 17.6 Å². The van der Waals surface area contributed by atoms with Crippen molar-refractivity contribution in [1.82, 2.24) is 20.1 Å². The van der Waals surface area contributed by atoms with Crippen molar-refractivity contribution in [2.75, 3.05) is 57.8 Å². The normalized spacial score (nSPS) is 14.0. The topological polar surface area (TPSA) is 106 Å². The van der Waals surface area contributed by atoms with Crippen LogP contribution in [0.2, 0.25) is 0 Å². The molecule has 3 rings (SSSR count). The minimum Gasteiger partial charge on any atom is -0.379 e. The summed E-state index contributed by atoms with van der Waals surface area (Å²) in [4.78, 5) is 26.1. The maximum absolute atomic E-state index is 13.1. The fourth-order valence-corrected chi connectivity index (χ4v) is 4.44. The predicted octanol–water partition coefficient (Wildman–Crippen LogP) is 4.13. The summed E-state index contributed by atoms with van der Waals surface area (Å²) in [5.74, 6) is 0.574. The maximum Gasteiger partial charge on any atom is 0.253 e. The maximum atomic E-state index is 13.1. The molecule has 1 amide bonds. The molecule has 1 aromatic carbocycles. The Hall–Kier alpha value is -3.48. The van der Waals surface area contributed by atoms with Crippen LogP contribution in [0.1, 0.15) is 55.3 Å². The molecule has 1 saturated heterocycles. The molecule has 1 fully saturated rings. The van der Waals surface area contributed by atoms with Crippen LogP contribution < -0.4 is 10.6 Å². The number of nitriles is 1. The van der Waals surface area contributed by atoms with Crippen LogP contribution in [0.3, 0.4) is 0 Å². The van der Waals surface area contributed by atoms with E-state index in [1.165, 1.54) is 0 Å². The Balaban J connectivity index is 1.33. The van der Waals surface area contributed by atoms with Gasteiger partial charge in [0.1, 0.15) is 0 Å². The Labute approximate surface area is 226 Å². The van der Waals surface area contributed by atoms with E-state index in [-0.39, 0.29) is 5.91 Å². The number of benzene rings is 1. The summed E-state index contributed by atoms with van der Waals surface area (Å²) in [6.45, 7) is 6.82. The van der Waals surface area contributed by atoms with Crippen LogP contribution >= 0.6 is 0 Å². The Morgan fingerprint density at radius 2 is 1.74 bits per heavy atom. The molecular formula is C29H41N7O2. The molecule has 9 nitrogen and oxygen atoms in total. The monoisotopic (exact) mass is 519 g/mol. The highest BCUT2D eigenvalue weighted by Crippen LogP contribution is 2.11. The zero-order chi connectivity index (χ0) is 26.7. The highest BCUT2D eigenvalue weighted by molar-refractivity contribution is 5.94. The third kappa shape index (κ3) is 11.3. The lowest BCUT2D eigenvalue weighted by atomic mass is 10.1. The summed E-state index contributed by atoms with van der Waals surface area (Å²) in [5.41, 5.74) is 1.55. The molecule has 1 aromatic heterocycles. The van der Waals surface area contributed by atoms with E-state index in [2.05, 4.69) is 25.5 Å². The second kappa shape index (κ2) is 17.9. The number of pyridine rings is 1. The quantitative estimate of drug-likeness (QED) is 0.120. The van der Waals surface area contributed by atoms with Gasteiger partial charge in [0, 0.05) is 51.0 Å². The van der Waals surface area contributed by atoms with E-state index in [0.29, 0.717) is 12.5 Å². The predicted molar refractivity (Wildman–Crippen MR) is 151 cm³/mol. The molecule has 0 atom stereocenters. The third-order valence-electron chi connectivity index (χ3n) is 6.52. The lowest BCUT2D eigenvalue weighted by molar-refractivity contribution is 0.0357. The highest BCUT2D eigenvalue weighted by Gasteiger charge is 2.16. The molecule has 0 aliphatic carbocycles. The van der Waals surface area contributed by atoms with Gasteiger partial charge in [0.25, 0.3) is 5.91 Å². The molecule has 0 saturated carbocycles. The molecule has 2 N–H and O–H groups in total. The fraction of sp³-hybridized carbons (Fsp3) is 0.517. The summed E-state index contributed by atoms with van der Waals surface area (Å²) in [6.07, 6.45) is 12.7. The van der Waals surface area contributed by atoms with Crippen LogP contribution in [0.5, 0.6) is 0 Å². The summed E-state index contributed by atoms with van der Waals surface area (Å²) in [6, 6.07) is 13.3. The number of anilines is 1. The average molecular weight is 520 g/mol. The molecule has 1 aliphatic rings. The molecule has 204 valence electrons. The van der Waals surface area contributed by atoms with Gasteiger partial charge in [0.15, 0.2) is 6.19 Å². The van der Waals surface area contributed by atoms with Crippen LogP contribution in [0.15, 0.2) is 59.9 Å². The highest BCUT2D eigenvalue weighted by atomic mass is 16.5. The van der Waals surface area contributed by atoms with E-state index in [0.717, 1.165) is 102 Å². The number of aliphatic imine (C=N–C) groups is 1. The van der Waals surface area contributed by atoms with Gasteiger partial charge in [-0.25, -0.2) is 0 Å². The lowest BCUT2D eigenvalue weighted by Gasteiger charge is -2.28. The molecule has 2 aromatic rings. The molecule has 0 unspecified atom stereocenters. The number of unbranched alkanes of at least 4 members (excludes halogenated alkanes) is 5. The molecule has 2 heterocycles. The van der Waals surface area contributed by atoms with Crippen molar-refractivity contribution in [2.24, 2.45) is 4.99 Å². The molecule has 9 heteroatoms. The van der Waals surface area contributed by atoms with Gasteiger partial charge in [-0.3, -0.25) is 25.0 Å². The fourth-order valence-electron chi connectivity index (χ4n) is 4.44. The van der Waals surface area contributed by atoms with Crippen molar-refractivity contribution in [2.45, 2.75) is 44.9 Å². The standard InChI is InChI=1S/C29H41N7O2/c30-25-33-29(34-27-14-10-15-31-24-27)32-16-8-3-1-2-4-9-18-36(28(37)26-12-6-5-7-13-26)19-11-17-35-20-22-38-23-21-35/h5-7,10,12-15,24H,1-4,8-9,11,16-23H2,(H2,32,33,34). The number of carbonyl (C=O) groups is 1. The molecular weight excluding hydrogens is 478 g/mol. The number of amides is 1. The largest absolute Gasteiger partial charge is 0.379 e. The van der Waals surface area contributed by atoms with Crippen LogP contribution in [-0.4, -0.2) is 79.1 Å². The number of nitrogens with one attached hydrogen (secondary N) is 2. The Kier molecular flexibility index (Phi) is 13.7. The Morgan fingerprint density at radius 1 is 1.00 bits per heavy atom. The summed E-state index contributed by atoms with van der Waals surface area (Å²) >= 11 is 0. The number of aromatic nitrogens is 1. The van der Waals surface area contributed by atoms with Gasteiger partial charge in [0.05, 0.1) is 25.1 Å². The number of nitrogens with zero attached hydrogens (tertiary/aromatic N) is 5. The third-order valence-corrected chi connectivity index (χ3v) is 6.52. The number of hydrogen-bond donors (Lipinski definition) is 2.